The second-order valence-electron chi connectivity index (χ2n) is 5.07. The van der Waals surface area contributed by atoms with E-state index in [1.54, 1.807) is 20.8 Å². The highest BCUT2D eigenvalue weighted by molar-refractivity contribution is 7.79. The molecule has 0 saturated heterocycles. The topological polar surface area (TPSA) is 126 Å². The monoisotopic (exact) mass is 302 g/mol. The third-order valence-corrected chi connectivity index (χ3v) is 3.31. The molecule has 1 unspecified atom stereocenters. The maximum atomic E-state index is 12.2. The van der Waals surface area contributed by atoms with Crippen LogP contribution in [-0.2, 0) is 16.7 Å². The molecule has 0 aliphatic heterocycles. The van der Waals surface area contributed by atoms with Crippen LogP contribution in [0.25, 0.3) is 0 Å². The Morgan fingerprint density at radius 3 is 2.45 bits per heavy atom. The second-order valence-corrected chi connectivity index (χ2v) is 6.04. The molecular weight excluding hydrogens is 288 g/mol. The average Bonchev–Trinajstić information content (AvgIpc) is 2.86. The fourth-order valence-corrected chi connectivity index (χ4v) is 2.43. The number of rotatable bonds is 3. The summed E-state index contributed by atoms with van der Waals surface area (Å²) in [6.45, 7) is 6.90. The zero-order chi connectivity index (χ0) is 15.1. The Labute approximate surface area is 116 Å². The molecule has 2 aromatic heterocycles. The number of hydrogen-bond acceptors (Lipinski definition) is 8. The predicted octanol–water partition coefficient (Wildman–Crippen LogP) is 0.518. The Kier molecular flexibility index (Phi) is 3.42. The Morgan fingerprint density at radius 1 is 1.30 bits per heavy atom. The van der Waals surface area contributed by atoms with Crippen LogP contribution in [-0.4, -0.2) is 18.5 Å². The molecule has 2 rings (SSSR count). The van der Waals surface area contributed by atoms with Gasteiger partial charge >= 0.3 is 17.0 Å². The van der Waals surface area contributed by atoms with Crippen LogP contribution in [0, 0.1) is 6.92 Å². The van der Waals surface area contributed by atoms with E-state index in [1.807, 2.05) is 0 Å². The molecular formula is C10H14N4O5S. The fraction of sp³-hybridized carbons (Fsp3) is 0.500. The number of aromatic nitrogens is 3. The van der Waals surface area contributed by atoms with Gasteiger partial charge in [-0.2, -0.15) is 4.21 Å². The van der Waals surface area contributed by atoms with E-state index in [2.05, 4.69) is 14.8 Å². The van der Waals surface area contributed by atoms with Gasteiger partial charge in [0, 0.05) is 12.3 Å². The summed E-state index contributed by atoms with van der Waals surface area (Å²) in [6, 6.07) is 0. The van der Waals surface area contributed by atoms with Gasteiger partial charge in [0.05, 0.1) is 0 Å². The van der Waals surface area contributed by atoms with E-state index < -0.39 is 22.4 Å². The number of nitrogens with two attached hydrogens (primary N) is 1. The molecule has 0 aliphatic rings. The molecule has 0 aliphatic carbocycles. The van der Waals surface area contributed by atoms with Gasteiger partial charge in [-0.05, 0) is 0 Å². The summed E-state index contributed by atoms with van der Waals surface area (Å²) in [7, 11) is 0. The first-order valence-corrected chi connectivity index (χ1v) is 6.66. The summed E-state index contributed by atoms with van der Waals surface area (Å²) in [5.41, 5.74) is 4.96. The van der Waals surface area contributed by atoms with Crippen molar-refractivity contribution < 1.29 is 17.4 Å². The summed E-state index contributed by atoms with van der Waals surface area (Å²) in [4.78, 5) is 11.6. The quantitative estimate of drug-likeness (QED) is 0.869. The van der Waals surface area contributed by atoms with E-state index in [0.717, 1.165) is 3.97 Å². The van der Waals surface area contributed by atoms with Crippen LogP contribution in [0.3, 0.4) is 0 Å². The molecule has 1 atom stereocenters. The van der Waals surface area contributed by atoms with E-state index >= 15 is 0 Å². The van der Waals surface area contributed by atoms with E-state index in [-0.39, 0.29) is 23.2 Å². The van der Waals surface area contributed by atoms with Gasteiger partial charge in [0.15, 0.2) is 11.6 Å². The van der Waals surface area contributed by atoms with Gasteiger partial charge in [-0.15, -0.1) is 3.97 Å². The molecule has 2 heterocycles. The smallest absolute Gasteiger partial charge is 0.378 e. The molecule has 110 valence electrons. The predicted molar refractivity (Wildman–Crippen MR) is 69.3 cm³/mol. The minimum absolute atomic E-state index is 0.0105. The number of aryl methyl sites for hydroxylation is 1. The Balaban J connectivity index is 2.41. The Bertz CT molecular complexity index is 689. The van der Waals surface area contributed by atoms with Crippen LogP contribution < -0.4 is 15.7 Å². The molecule has 0 aromatic carbocycles. The van der Waals surface area contributed by atoms with Crippen LogP contribution in [0.4, 0.5) is 5.82 Å². The van der Waals surface area contributed by atoms with Gasteiger partial charge in [0.25, 0.3) is 0 Å². The van der Waals surface area contributed by atoms with Crippen molar-refractivity contribution in [1.82, 2.24) is 14.3 Å². The van der Waals surface area contributed by atoms with Crippen molar-refractivity contribution in [2.75, 3.05) is 5.73 Å². The number of hydrogen-bond donors (Lipinski definition) is 1. The van der Waals surface area contributed by atoms with E-state index in [9.17, 15) is 9.00 Å². The highest BCUT2D eigenvalue weighted by Gasteiger charge is 2.29. The molecule has 9 nitrogen and oxygen atoms in total. The number of anilines is 1. The normalized spacial score (nSPS) is 13.4. The van der Waals surface area contributed by atoms with Crippen LogP contribution in [0.15, 0.2) is 13.8 Å². The van der Waals surface area contributed by atoms with Crippen molar-refractivity contribution in [3.8, 4) is 5.75 Å². The van der Waals surface area contributed by atoms with Crippen molar-refractivity contribution in [2.45, 2.75) is 33.1 Å². The second kappa shape index (κ2) is 4.78. The van der Waals surface area contributed by atoms with Gasteiger partial charge in [0.2, 0.25) is 11.6 Å². The highest BCUT2D eigenvalue weighted by Crippen LogP contribution is 2.26. The van der Waals surface area contributed by atoms with Crippen molar-refractivity contribution in [3.05, 3.63) is 22.1 Å². The lowest BCUT2D eigenvalue weighted by Crippen LogP contribution is -2.29. The largest absolute Gasteiger partial charge is 0.456 e. The molecule has 2 N–H and O–H groups in total. The maximum absolute atomic E-state index is 12.2. The van der Waals surface area contributed by atoms with Gasteiger partial charge in [-0.3, -0.25) is 4.52 Å². The van der Waals surface area contributed by atoms with Gasteiger partial charge in [0.1, 0.15) is 0 Å². The Morgan fingerprint density at radius 2 is 1.95 bits per heavy atom. The summed E-state index contributed by atoms with van der Waals surface area (Å²) >= 11 is -2.20. The van der Waals surface area contributed by atoms with Crippen molar-refractivity contribution >= 4 is 17.1 Å². The molecule has 0 amide bonds. The number of nitrogens with zero attached hydrogens (tertiary/aromatic N) is 3. The summed E-state index contributed by atoms with van der Waals surface area (Å²) in [6.07, 6.45) is 0. The van der Waals surface area contributed by atoms with Crippen LogP contribution in [0.1, 0.15) is 32.4 Å². The standard InChI is InChI=1S/C10H14N4O5S/c1-5-6(7(11)12-17-5)19-20(16)14-8(10(2,3)4)13-18-9(14)15/h1-4H3,(H2,11,12). The SMILES string of the molecule is Cc1onc(N)c1OS(=O)n1c(C(C)(C)C)noc1=O. The minimum Gasteiger partial charge on any atom is -0.378 e. The van der Waals surface area contributed by atoms with Gasteiger partial charge < -0.3 is 14.4 Å². The lowest BCUT2D eigenvalue weighted by molar-refractivity contribution is 0.368. The zero-order valence-electron chi connectivity index (χ0n) is 11.4. The van der Waals surface area contributed by atoms with Crippen LogP contribution in [0.2, 0.25) is 0 Å². The first kappa shape index (κ1) is 14.3. The third-order valence-electron chi connectivity index (χ3n) is 2.38. The molecule has 0 spiro atoms. The summed E-state index contributed by atoms with van der Waals surface area (Å²) in [5.74, 6) is -0.499. The summed E-state index contributed by atoms with van der Waals surface area (Å²) in [5, 5.41) is 7.08. The van der Waals surface area contributed by atoms with E-state index in [4.69, 9.17) is 14.4 Å². The van der Waals surface area contributed by atoms with Crippen molar-refractivity contribution in [3.63, 3.8) is 0 Å². The summed E-state index contributed by atoms with van der Waals surface area (Å²) < 4.78 is 27.5. The zero-order valence-corrected chi connectivity index (χ0v) is 12.2. The van der Waals surface area contributed by atoms with Crippen LogP contribution in [0.5, 0.6) is 5.75 Å². The minimum atomic E-state index is -2.20. The average molecular weight is 302 g/mol. The molecule has 20 heavy (non-hydrogen) atoms. The first-order valence-electron chi connectivity index (χ1n) is 5.63. The fourth-order valence-electron chi connectivity index (χ4n) is 1.41. The molecule has 0 radical (unpaired) electrons. The lowest BCUT2D eigenvalue weighted by atomic mass is 9.96. The maximum Gasteiger partial charge on any atom is 0.456 e. The van der Waals surface area contributed by atoms with Crippen LogP contribution >= 0.6 is 0 Å². The Hall–Kier alpha value is -2.10. The van der Waals surface area contributed by atoms with Gasteiger partial charge in [-0.25, -0.2) is 4.79 Å². The van der Waals surface area contributed by atoms with E-state index in [1.165, 1.54) is 6.92 Å². The molecule has 2 aromatic rings. The highest BCUT2D eigenvalue weighted by atomic mass is 32.2. The van der Waals surface area contributed by atoms with E-state index in [0.29, 0.717) is 0 Å². The third kappa shape index (κ3) is 2.46. The molecule has 0 saturated carbocycles. The number of nitrogen functional groups attached to an aromatic ring is 1. The molecule has 10 heteroatoms. The molecule has 0 fully saturated rings. The van der Waals surface area contributed by atoms with Gasteiger partial charge in [-0.1, -0.05) is 31.1 Å². The lowest BCUT2D eigenvalue weighted by Gasteiger charge is -2.15. The van der Waals surface area contributed by atoms with Crippen molar-refractivity contribution in [2.24, 2.45) is 0 Å². The molecule has 0 bridgehead atoms. The first-order chi connectivity index (χ1) is 9.21. The van der Waals surface area contributed by atoms with Crippen molar-refractivity contribution in [1.29, 1.82) is 0 Å².